The SMILES string of the molecule is O=C(CC1CNc2ccccc21)N(CCO)CC(F)F. The van der Waals surface area contributed by atoms with Gasteiger partial charge in [-0.25, -0.2) is 8.78 Å². The molecule has 1 unspecified atom stereocenters. The second kappa shape index (κ2) is 6.65. The van der Waals surface area contributed by atoms with Crippen LogP contribution in [0.2, 0.25) is 0 Å². The van der Waals surface area contributed by atoms with Gasteiger partial charge in [-0.2, -0.15) is 0 Å². The summed E-state index contributed by atoms with van der Waals surface area (Å²) in [6, 6.07) is 7.68. The standard InChI is InChI=1S/C14H18F2N2O2/c15-13(16)9-18(5-6-19)14(20)7-10-8-17-12-4-2-1-3-11(10)12/h1-4,10,13,17,19H,5-9H2. The summed E-state index contributed by atoms with van der Waals surface area (Å²) in [6.07, 6.45) is -2.41. The fraction of sp³-hybridized carbons (Fsp3) is 0.500. The van der Waals surface area contributed by atoms with E-state index in [1.807, 2.05) is 24.3 Å². The molecule has 1 atom stereocenters. The van der Waals surface area contributed by atoms with E-state index in [1.165, 1.54) is 0 Å². The van der Waals surface area contributed by atoms with Crippen LogP contribution in [-0.4, -0.2) is 48.6 Å². The Labute approximate surface area is 116 Å². The molecule has 0 saturated carbocycles. The predicted octanol–water partition coefficient (Wildman–Crippen LogP) is 1.67. The van der Waals surface area contributed by atoms with Gasteiger partial charge in [0.05, 0.1) is 13.2 Å². The minimum absolute atomic E-state index is 0.00225. The number of amides is 1. The average Bonchev–Trinajstić information content (AvgIpc) is 2.81. The molecule has 2 N–H and O–H groups in total. The second-order valence-electron chi connectivity index (χ2n) is 4.82. The second-order valence-corrected chi connectivity index (χ2v) is 4.82. The number of hydrogen-bond donors (Lipinski definition) is 2. The van der Waals surface area contributed by atoms with Crippen LogP contribution in [0.25, 0.3) is 0 Å². The maximum Gasteiger partial charge on any atom is 0.255 e. The van der Waals surface area contributed by atoms with Crippen molar-refractivity contribution in [1.82, 2.24) is 4.90 Å². The van der Waals surface area contributed by atoms with Crippen molar-refractivity contribution in [2.24, 2.45) is 0 Å². The minimum atomic E-state index is -2.58. The van der Waals surface area contributed by atoms with Gasteiger partial charge in [0.1, 0.15) is 0 Å². The molecule has 1 heterocycles. The van der Waals surface area contributed by atoms with E-state index in [9.17, 15) is 13.6 Å². The van der Waals surface area contributed by atoms with Crippen LogP contribution in [0.15, 0.2) is 24.3 Å². The number of aliphatic hydroxyl groups is 1. The minimum Gasteiger partial charge on any atom is -0.395 e. The van der Waals surface area contributed by atoms with E-state index in [-0.39, 0.29) is 31.4 Å². The van der Waals surface area contributed by atoms with E-state index in [1.54, 1.807) is 0 Å². The van der Waals surface area contributed by atoms with Gasteiger partial charge in [-0.3, -0.25) is 4.79 Å². The predicted molar refractivity (Wildman–Crippen MR) is 72.0 cm³/mol. The van der Waals surface area contributed by atoms with Gasteiger partial charge in [-0.15, -0.1) is 0 Å². The van der Waals surface area contributed by atoms with E-state index >= 15 is 0 Å². The summed E-state index contributed by atoms with van der Waals surface area (Å²) in [7, 11) is 0. The van der Waals surface area contributed by atoms with Crippen LogP contribution in [0.5, 0.6) is 0 Å². The van der Waals surface area contributed by atoms with Crippen molar-refractivity contribution in [3.8, 4) is 0 Å². The smallest absolute Gasteiger partial charge is 0.255 e. The summed E-state index contributed by atoms with van der Waals surface area (Å²) in [5, 5.41) is 12.1. The van der Waals surface area contributed by atoms with Gasteiger partial charge in [0.25, 0.3) is 6.43 Å². The number of carbonyl (C=O) groups excluding carboxylic acids is 1. The van der Waals surface area contributed by atoms with Crippen LogP contribution < -0.4 is 5.32 Å². The molecule has 1 aromatic carbocycles. The maximum absolute atomic E-state index is 12.4. The third-order valence-corrected chi connectivity index (χ3v) is 3.44. The van der Waals surface area contributed by atoms with Gasteiger partial charge in [-0.1, -0.05) is 18.2 Å². The lowest BCUT2D eigenvalue weighted by Crippen LogP contribution is -2.38. The topological polar surface area (TPSA) is 52.6 Å². The van der Waals surface area contributed by atoms with Crippen LogP contribution in [0, 0.1) is 0 Å². The number of nitrogens with zero attached hydrogens (tertiary/aromatic N) is 1. The number of rotatable bonds is 6. The van der Waals surface area contributed by atoms with E-state index in [4.69, 9.17) is 5.11 Å². The highest BCUT2D eigenvalue weighted by Crippen LogP contribution is 2.33. The first kappa shape index (κ1) is 14.7. The third kappa shape index (κ3) is 3.45. The summed E-state index contributed by atoms with van der Waals surface area (Å²) >= 11 is 0. The molecule has 6 heteroatoms. The maximum atomic E-state index is 12.4. The van der Waals surface area contributed by atoms with E-state index in [0.29, 0.717) is 6.54 Å². The largest absolute Gasteiger partial charge is 0.395 e. The van der Waals surface area contributed by atoms with Crippen molar-refractivity contribution in [1.29, 1.82) is 0 Å². The summed E-state index contributed by atoms with van der Waals surface area (Å²) in [5.74, 6) is -0.347. The molecule has 0 saturated heterocycles. The molecule has 1 aromatic rings. The molecule has 20 heavy (non-hydrogen) atoms. The third-order valence-electron chi connectivity index (χ3n) is 3.44. The number of alkyl halides is 2. The van der Waals surface area contributed by atoms with E-state index < -0.39 is 13.0 Å². The van der Waals surface area contributed by atoms with E-state index in [2.05, 4.69) is 5.32 Å². The number of aliphatic hydroxyl groups excluding tert-OH is 1. The zero-order valence-electron chi connectivity index (χ0n) is 11.1. The molecule has 0 aliphatic carbocycles. The normalized spacial score (nSPS) is 16.9. The number of carbonyl (C=O) groups is 1. The first-order chi connectivity index (χ1) is 9.61. The number of halogens is 2. The number of nitrogens with one attached hydrogen (secondary N) is 1. The monoisotopic (exact) mass is 284 g/mol. The Hall–Kier alpha value is -1.69. The number of benzene rings is 1. The van der Waals surface area contributed by atoms with Crippen LogP contribution in [0.3, 0.4) is 0 Å². The Morgan fingerprint density at radius 2 is 2.20 bits per heavy atom. The van der Waals surface area contributed by atoms with Gasteiger partial charge in [-0.05, 0) is 11.6 Å². The van der Waals surface area contributed by atoms with Gasteiger partial charge < -0.3 is 15.3 Å². The van der Waals surface area contributed by atoms with Gasteiger partial charge in [0.2, 0.25) is 5.91 Å². The summed E-state index contributed by atoms with van der Waals surface area (Å²) in [6.45, 7) is -0.350. The highest BCUT2D eigenvalue weighted by Gasteiger charge is 2.27. The molecule has 1 aliphatic heterocycles. The highest BCUT2D eigenvalue weighted by molar-refractivity contribution is 5.78. The van der Waals surface area contributed by atoms with Crippen LogP contribution in [-0.2, 0) is 4.79 Å². The summed E-state index contributed by atoms with van der Waals surface area (Å²) < 4.78 is 24.9. The molecular formula is C14H18F2N2O2. The Bertz CT molecular complexity index is 468. The van der Waals surface area contributed by atoms with Crippen LogP contribution in [0.4, 0.5) is 14.5 Å². The molecule has 2 rings (SSSR count). The lowest BCUT2D eigenvalue weighted by Gasteiger charge is -2.23. The summed E-state index contributed by atoms with van der Waals surface area (Å²) in [5.41, 5.74) is 2.04. The lowest BCUT2D eigenvalue weighted by atomic mass is 9.97. The molecule has 0 bridgehead atoms. The summed E-state index contributed by atoms with van der Waals surface area (Å²) in [4.78, 5) is 13.1. The molecule has 4 nitrogen and oxygen atoms in total. The average molecular weight is 284 g/mol. The van der Waals surface area contributed by atoms with Crippen LogP contribution >= 0.6 is 0 Å². The molecule has 0 fully saturated rings. The Morgan fingerprint density at radius 1 is 1.45 bits per heavy atom. The van der Waals surface area contributed by atoms with Crippen molar-refractivity contribution in [3.63, 3.8) is 0 Å². The Morgan fingerprint density at radius 3 is 2.90 bits per heavy atom. The van der Waals surface area contributed by atoms with Crippen molar-refractivity contribution in [3.05, 3.63) is 29.8 Å². The van der Waals surface area contributed by atoms with E-state index in [0.717, 1.165) is 16.2 Å². The van der Waals surface area contributed by atoms with Crippen molar-refractivity contribution >= 4 is 11.6 Å². The molecule has 1 amide bonds. The Balaban J connectivity index is 2.00. The molecule has 110 valence electrons. The number of para-hydroxylation sites is 1. The first-order valence-corrected chi connectivity index (χ1v) is 6.61. The Kier molecular flexibility index (Phi) is 4.89. The molecule has 0 aromatic heterocycles. The first-order valence-electron chi connectivity index (χ1n) is 6.61. The molecular weight excluding hydrogens is 266 g/mol. The number of anilines is 1. The number of fused-ring (bicyclic) bond motifs is 1. The highest BCUT2D eigenvalue weighted by atomic mass is 19.3. The number of hydrogen-bond acceptors (Lipinski definition) is 3. The molecule has 0 spiro atoms. The van der Waals surface area contributed by atoms with Gasteiger partial charge in [0.15, 0.2) is 0 Å². The van der Waals surface area contributed by atoms with Gasteiger partial charge in [0, 0.05) is 31.1 Å². The van der Waals surface area contributed by atoms with Crippen molar-refractivity contribution < 1.29 is 18.7 Å². The van der Waals surface area contributed by atoms with Crippen molar-refractivity contribution in [2.45, 2.75) is 18.8 Å². The van der Waals surface area contributed by atoms with Gasteiger partial charge >= 0.3 is 0 Å². The van der Waals surface area contributed by atoms with Crippen molar-refractivity contribution in [2.75, 3.05) is 31.6 Å². The molecule has 0 radical (unpaired) electrons. The zero-order valence-corrected chi connectivity index (χ0v) is 11.1. The fourth-order valence-corrected chi connectivity index (χ4v) is 2.48. The molecule has 1 aliphatic rings. The quantitative estimate of drug-likeness (QED) is 0.835. The zero-order chi connectivity index (χ0) is 14.5. The fourth-order valence-electron chi connectivity index (χ4n) is 2.48. The van der Waals surface area contributed by atoms with Crippen LogP contribution in [0.1, 0.15) is 17.9 Å². The lowest BCUT2D eigenvalue weighted by molar-refractivity contribution is -0.134.